The number of benzene rings is 1. The molecular formula is C14H21Br. The van der Waals surface area contributed by atoms with E-state index in [0.717, 1.165) is 17.2 Å². The first-order chi connectivity index (χ1) is 7.04. The van der Waals surface area contributed by atoms with Gasteiger partial charge >= 0.3 is 0 Å². The van der Waals surface area contributed by atoms with Gasteiger partial charge in [0.1, 0.15) is 0 Å². The summed E-state index contributed by atoms with van der Waals surface area (Å²) in [5, 5.41) is 1.10. The van der Waals surface area contributed by atoms with Crippen LogP contribution in [0.15, 0.2) is 18.2 Å². The smallest absolute Gasteiger partial charge is 0.00652 e. The van der Waals surface area contributed by atoms with Gasteiger partial charge in [0.2, 0.25) is 0 Å². The van der Waals surface area contributed by atoms with Crippen molar-refractivity contribution in [2.24, 2.45) is 11.8 Å². The van der Waals surface area contributed by atoms with Crippen LogP contribution in [0.4, 0.5) is 0 Å². The van der Waals surface area contributed by atoms with E-state index in [-0.39, 0.29) is 0 Å². The zero-order valence-corrected chi connectivity index (χ0v) is 11.8. The molecule has 0 aliphatic carbocycles. The van der Waals surface area contributed by atoms with Gasteiger partial charge in [-0.3, -0.25) is 0 Å². The van der Waals surface area contributed by atoms with E-state index in [1.54, 1.807) is 0 Å². The third kappa shape index (κ3) is 3.64. The van der Waals surface area contributed by atoms with Gasteiger partial charge in [0.05, 0.1) is 0 Å². The van der Waals surface area contributed by atoms with Crippen molar-refractivity contribution < 1.29 is 0 Å². The molecule has 84 valence electrons. The number of alkyl halides is 1. The summed E-state index contributed by atoms with van der Waals surface area (Å²) >= 11 is 3.62. The Labute approximate surface area is 102 Å². The van der Waals surface area contributed by atoms with Crippen molar-refractivity contribution in [2.45, 2.75) is 34.1 Å². The molecule has 1 aromatic rings. The largest absolute Gasteiger partial charge is 0.0925 e. The maximum Gasteiger partial charge on any atom is 0.00652 e. The van der Waals surface area contributed by atoms with Crippen molar-refractivity contribution >= 4 is 15.9 Å². The van der Waals surface area contributed by atoms with Crippen LogP contribution in [0, 0.1) is 25.7 Å². The molecule has 1 rings (SSSR count). The molecule has 0 aromatic heterocycles. The van der Waals surface area contributed by atoms with Crippen molar-refractivity contribution in [1.82, 2.24) is 0 Å². The summed E-state index contributed by atoms with van der Waals surface area (Å²) in [6.07, 6.45) is 1.19. The summed E-state index contributed by atoms with van der Waals surface area (Å²) in [5.41, 5.74) is 4.30. The molecule has 15 heavy (non-hydrogen) atoms. The van der Waals surface area contributed by atoms with Crippen molar-refractivity contribution in [3.8, 4) is 0 Å². The molecule has 0 N–H and O–H groups in total. The molecule has 1 unspecified atom stereocenters. The lowest BCUT2D eigenvalue weighted by atomic mass is 9.89. The summed E-state index contributed by atoms with van der Waals surface area (Å²) in [4.78, 5) is 0. The minimum atomic E-state index is 0.740. The lowest BCUT2D eigenvalue weighted by molar-refractivity contribution is 0.426. The van der Waals surface area contributed by atoms with Gasteiger partial charge in [0, 0.05) is 5.33 Å². The van der Waals surface area contributed by atoms with E-state index in [9.17, 15) is 0 Å². The minimum Gasteiger partial charge on any atom is -0.0925 e. The molecule has 1 heteroatoms. The third-order valence-electron chi connectivity index (χ3n) is 3.13. The molecule has 0 heterocycles. The molecule has 1 aromatic carbocycles. The van der Waals surface area contributed by atoms with E-state index in [2.05, 4.69) is 61.8 Å². The average Bonchev–Trinajstić information content (AvgIpc) is 2.18. The molecule has 0 saturated carbocycles. The van der Waals surface area contributed by atoms with Crippen LogP contribution in [-0.4, -0.2) is 5.33 Å². The Morgan fingerprint density at radius 1 is 1.20 bits per heavy atom. The SMILES string of the molecule is Cc1ccc(C)c(CC(CBr)C(C)C)c1. The van der Waals surface area contributed by atoms with Gasteiger partial charge in [-0.1, -0.05) is 53.5 Å². The highest BCUT2D eigenvalue weighted by Gasteiger charge is 2.13. The molecule has 0 aliphatic heterocycles. The zero-order valence-electron chi connectivity index (χ0n) is 10.2. The van der Waals surface area contributed by atoms with E-state index in [0.29, 0.717) is 0 Å². The van der Waals surface area contributed by atoms with Gasteiger partial charge in [-0.05, 0) is 43.2 Å². The Kier molecular flexibility index (Phi) is 4.85. The molecule has 0 spiro atoms. The predicted octanol–water partition coefficient (Wildman–Crippen LogP) is 4.51. The summed E-state index contributed by atoms with van der Waals surface area (Å²) in [5.74, 6) is 1.48. The summed E-state index contributed by atoms with van der Waals surface area (Å²) in [6, 6.07) is 6.75. The van der Waals surface area contributed by atoms with E-state index < -0.39 is 0 Å². The minimum absolute atomic E-state index is 0.740. The highest BCUT2D eigenvalue weighted by atomic mass is 79.9. The van der Waals surface area contributed by atoms with E-state index in [1.807, 2.05) is 0 Å². The van der Waals surface area contributed by atoms with Crippen LogP contribution in [0.5, 0.6) is 0 Å². The molecular weight excluding hydrogens is 248 g/mol. The maximum atomic E-state index is 3.62. The third-order valence-corrected chi connectivity index (χ3v) is 3.96. The lowest BCUT2D eigenvalue weighted by Gasteiger charge is -2.19. The van der Waals surface area contributed by atoms with Gasteiger partial charge in [-0.15, -0.1) is 0 Å². The Morgan fingerprint density at radius 2 is 1.87 bits per heavy atom. The van der Waals surface area contributed by atoms with E-state index >= 15 is 0 Å². The van der Waals surface area contributed by atoms with Crippen LogP contribution in [0.1, 0.15) is 30.5 Å². The number of rotatable bonds is 4. The van der Waals surface area contributed by atoms with Crippen molar-refractivity contribution in [3.63, 3.8) is 0 Å². The molecule has 0 amide bonds. The van der Waals surface area contributed by atoms with E-state index in [4.69, 9.17) is 0 Å². The first-order valence-electron chi connectivity index (χ1n) is 5.66. The fraction of sp³-hybridized carbons (Fsp3) is 0.571. The number of hydrogen-bond donors (Lipinski definition) is 0. The van der Waals surface area contributed by atoms with Gasteiger partial charge in [-0.25, -0.2) is 0 Å². The Morgan fingerprint density at radius 3 is 2.40 bits per heavy atom. The average molecular weight is 269 g/mol. The fourth-order valence-corrected chi connectivity index (χ4v) is 2.75. The highest BCUT2D eigenvalue weighted by molar-refractivity contribution is 9.09. The Balaban J connectivity index is 2.82. The number of aryl methyl sites for hydroxylation is 2. The Hall–Kier alpha value is -0.300. The fourth-order valence-electron chi connectivity index (χ4n) is 1.77. The maximum absolute atomic E-state index is 3.62. The molecule has 0 radical (unpaired) electrons. The molecule has 0 aliphatic rings. The first-order valence-corrected chi connectivity index (χ1v) is 6.78. The van der Waals surface area contributed by atoms with Crippen LogP contribution >= 0.6 is 15.9 Å². The second kappa shape index (κ2) is 5.69. The second-order valence-corrected chi connectivity index (χ2v) is 5.44. The monoisotopic (exact) mass is 268 g/mol. The lowest BCUT2D eigenvalue weighted by Crippen LogP contribution is -2.14. The van der Waals surface area contributed by atoms with Crippen LogP contribution in [0.25, 0.3) is 0 Å². The first kappa shape index (κ1) is 12.8. The molecule has 0 saturated heterocycles. The number of halogens is 1. The van der Waals surface area contributed by atoms with Crippen LogP contribution in [-0.2, 0) is 6.42 Å². The standard InChI is InChI=1S/C14H21Br/c1-10(2)14(9-15)8-13-7-11(3)5-6-12(13)4/h5-7,10,14H,8-9H2,1-4H3. The highest BCUT2D eigenvalue weighted by Crippen LogP contribution is 2.22. The van der Waals surface area contributed by atoms with Crippen LogP contribution in [0.2, 0.25) is 0 Å². The molecule has 0 bridgehead atoms. The van der Waals surface area contributed by atoms with Crippen molar-refractivity contribution in [1.29, 1.82) is 0 Å². The molecule has 1 atom stereocenters. The van der Waals surface area contributed by atoms with Gasteiger partial charge in [-0.2, -0.15) is 0 Å². The van der Waals surface area contributed by atoms with Gasteiger partial charge < -0.3 is 0 Å². The molecule has 0 fully saturated rings. The van der Waals surface area contributed by atoms with Gasteiger partial charge in [0.25, 0.3) is 0 Å². The second-order valence-electron chi connectivity index (χ2n) is 4.79. The van der Waals surface area contributed by atoms with E-state index in [1.165, 1.54) is 23.1 Å². The van der Waals surface area contributed by atoms with Crippen molar-refractivity contribution in [3.05, 3.63) is 34.9 Å². The predicted molar refractivity (Wildman–Crippen MR) is 71.7 cm³/mol. The molecule has 0 nitrogen and oxygen atoms in total. The van der Waals surface area contributed by atoms with Crippen molar-refractivity contribution in [2.75, 3.05) is 5.33 Å². The zero-order chi connectivity index (χ0) is 11.4. The Bertz CT molecular complexity index is 315. The van der Waals surface area contributed by atoms with Crippen LogP contribution < -0.4 is 0 Å². The summed E-state index contributed by atoms with van der Waals surface area (Å²) < 4.78 is 0. The normalized spacial score (nSPS) is 13.2. The summed E-state index contributed by atoms with van der Waals surface area (Å²) in [7, 11) is 0. The summed E-state index contributed by atoms with van der Waals surface area (Å²) in [6.45, 7) is 8.98. The van der Waals surface area contributed by atoms with Crippen LogP contribution in [0.3, 0.4) is 0 Å². The number of hydrogen-bond acceptors (Lipinski definition) is 0. The quantitative estimate of drug-likeness (QED) is 0.705. The topological polar surface area (TPSA) is 0 Å². The van der Waals surface area contributed by atoms with Gasteiger partial charge in [0.15, 0.2) is 0 Å².